The van der Waals surface area contributed by atoms with E-state index in [0.717, 1.165) is 30.6 Å². The van der Waals surface area contributed by atoms with E-state index >= 15 is 0 Å². The summed E-state index contributed by atoms with van der Waals surface area (Å²) in [6.07, 6.45) is 8.84. The molecule has 2 aromatic heterocycles. The van der Waals surface area contributed by atoms with Gasteiger partial charge in [0.2, 0.25) is 0 Å². The fourth-order valence-corrected chi connectivity index (χ4v) is 2.34. The van der Waals surface area contributed by atoms with Crippen molar-refractivity contribution in [2.45, 2.75) is 19.5 Å². The average Bonchev–Trinajstić information content (AvgIpc) is 3.21. The number of ether oxygens (including phenoxy) is 1. The lowest BCUT2D eigenvalue weighted by Gasteiger charge is -2.01. The molecule has 0 unspecified atom stereocenters. The Morgan fingerprint density at radius 2 is 1.55 bits per heavy atom. The summed E-state index contributed by atoms with van der Waals surface area (Å²) in [6, 6.07) is 10.5. The maximum atomic E-state index is 5.06. The second-order valence-electron chi connectivity index (χ2n) is 5.21. The number of aryl methyl sites for hydroxylation is 2. The highest BCUT2D eigenvalue weighted by molar-refractivity contribution is 5.59. The summed E-state index contributed by atoms with van der Waals surface area (Å²) >= 11 is 0. The molecule has 0 atom stereocenters. The highest BCUT2D eigenvalue weighted by Crippen LogP contribution is 2.17. The molecular weight excluding hydrogens is 276 g/mol. The normalized spacial score (nSPS) is 11.0. The van der Waals surface area contributed by atoms with E-state index in [1.165, 1.54) is 5.56 Å². The van der Waals surface area contributed by atoms with Gasteiger partial charge in [-0.2, -0.15) is 10.2 Å². The van der Waals surface area contributed by atoms with Crippen LogP contribution in [-0.2, 0) is 24.2 Å². The Hall–Kier alpha value is -2.40. The van der Waals surface area contributed by atoms with E-state index in [0.29, 0.717) is 6.61 Å². The predicted molar refractivity (Wildman–Crippen MR) is 85.5 cm³/mol. The molecule has 0 saturated carbocycles. The van der Waals surface area contributed by atoms with Gasteiger partial charge in [0.05, 0.1) is 25.5 Å². The molecule has 0 N–H and O–H groups in total. The van der Waals surface area contributed by atoms with E-state index in [1.807, 2.05) is 34.0 Å². The van der Waals surface area contributed by atoms with Crippen LogP contribution in [0.25, 0.3) is 11.1 Å². The van der Waals surface area contributed by atoms with Gasteiger partial charge in [0, 0.05) is 37.2 Å². The molecule has 0 aliphatic carbocycles. The fraction of sp³-hybridized carbons (Fsp3) is 0.294. The zero-order valence-corrected chi connectivity index (χ0v) is 12.7. The smallest absolute Gasteiger partial charge is 0.0658 e. The van der Waals surface area contributed by atoms with Crippen LogP contribution < -0.4 is 0 Å². The Bertz CT molecular complexity index is 702. The van der Waals surface area contributed by atoms with Crippen molar-refractivity contribution in [2.24, 2.45) is 0 Å². The van der Waals surface area contributed by atoms with E-state index in [1.54, 1.807) is 7.11 Å². The molecule has 0 aliphatic rings. The van der Waals surface area contributed by atoms with Gasteiger partial charge >= 0.3 is 0 Å². The molecule has 0 spiro atoms. The number of benzene rings is 1. The number of hydrogen-bond donors (Lipinski definition) is 0. The molecule has 3 rings (SSSR count). The SMILES string of the molecule is COCCn1cc(-c2cnn(CCc3ccccc3)c2)cn1. The Labute approximate surface area is 130 Å². The quantitative estimate of drug-likeness (QED) is 0.673. The van der Waals surface area contributed by atoms with Crippen molar-refractivity contribution < 1.29 is 4.74 Å². The highest BCUT2D eigenvalue weighted by Gasteiger charge is 2.05. The zero-order valence-electron chi connectivity index (χ0n) is 12.7. The van der Waals surface area contributed by atoms with Gasteiger partial charge in [0.15, 0.2) is 0 Å². The van der Waals surface area contributed by atoms with Crippen molar-refractivity contribution in [3.05, 3.63) is 60.7 Å². The first-order chi connectivity index (χ1) is 10.8. The molecule has 1 aromatic carbocycles. The van der Waals surface area contributed by atoms with Gasteiger partial charge in [-0.05, 0) is 12.0 Å². The third-order valence-electron chi connectivity index (χ3n) is 3.60. The molecule has 0 aliphatic heterocycles. The minimum Gasteiger partial charge on any atom is -0.383 e. The molecule has 0 saturated heterocycles. The maximum Gasteiger partial charge on any atom is 0.0658 e. The summed E-state index contributed by atoms with van der Waals surface area (Å²) in [7, 11) is 1.70. The number of aromatic nitrogens is 4. The van der Waals surface area contributed by atoms with E-state index < -0.39 is 0 Å². The molecular formula is C17H20N4O. The second-order valence-corrected chi connectivity index (χ2v) is 5.21. The lowest BCUT2D eigenvalue weighted by Crippen LogP contribution is -2.03. The van der Waals surface area contributed by atoms with Gasteiger partial charge in [-0.15, -0.1) is 0 Å². The van der Waals surface area contributed by atoms with Crippen molar-refractivity contribution in [2.75, 3.05) is 13.7 Å². The Morgan fingerprint density at radius 1 is 0.909 bits per heavy atom. The lowest BCUT2D eigenvalue weighted by atomic mass is 10.1. The molecule has 114 valence electrons. The van der Waals surface area contributed by atoms with E-state index in [9.17, 15) is 0 Å². The average molecular weight is 296 g/mol. The monoisotopic (exact) mass is 296 g/mol. The van der Waals surface area contributed by atoms with Gasteiger partial charge in [-0.25, -0.2) is 0 Å². The second kappa shape index (κ2) is 7.04. The Kier molecular flexibility index (Phi) is 4.65. The van der Waals surface area contributed by atoms with Crippen LogP contribution in [0.3, 0.4) is 0 Å². The molecule has 0 bridgehead atoms. The molecule has 22 heavy (non-hydrogen) atoms. The molecule has 0 radical (unpaired) electrons. The van der Waals surface area contributed by atoms with Crippen molar-refractivity contribution in [1.82, 2.24) is 19.6 Å². The van der Waals surface area contributed by atoms with Crippen LogP contribution in [-0.4, -0.2) is 33.3 Å². The van der Waals surface area contributed by atoms with Gasteiger partial charge < -0.3 is 4.74 Å². The van der Waals surface area contributed by atoms with Crippen molar-refractivity contribution in [3.63, 3.8) is 0 Å². The Morgan fingerprint density at radius 3 is 2.18 bits per heavy atom. The van der Waals surface area contributed by atoms with E-state index in [-0.39, 0.29) is 0 Å². The molecule has 5 nitrogen and oxygen atoms in total. The summed E-state index contributed by atoms with van der Waals surface area (Å²) in [5.41, 5.74) is 3.51. The van der Waals surface area contributed by atoms with Gasteiger partial charge in [-0.1, -0.05) is 30.3 Å². The first-order valence-electron chi connectivity index (χ1n) is 7.43. The summed E-state index contributed by atoms with van der Waals surface area (Å²) in [6.45, 7) is 2.30. The Balaban J connectivity index is 1.62. The van der Waals surface area contributed by atoms with Crippen LogP contribution in [0.2, 0.25) is 0 Å². The third-order valence-corrected chi connectivity index (χ3v) is 3.60. The van der Waals surface area contributed by atoms with Crippen LogP contribution in [0.5, 0.6) is 0 Å². The van der Waals surface area contributed by atoms with Crippen LogP contribution >= 0.6 is 0 Å². The number of rotatable bonds is 7. The minimum atomic E-state index is 0.664. The topological polar surface area (TPSA) is 44.9 Å². The zero-order chi connectivity index (χ0) is 15.2. The van der Waals surface area contributed by atoms with Crippen LogP contribution in [0.15, 0.2) is 55.1 Å². The highest BCUT2D eigenvalue weighted by atomic mass is 16.5. The fourth-order valence-electron chi connectivity index (χ4n) is 2.34. The lowest BCUT2D eigenvalue weighted by molar-refractivity contribution is 0.183. The summed E-state index contributed by atoms with van der Waals surface area (Å²) in [4.78, 5) is 0. The van der Waals surface area contributed by atoms with Crippen LogP contribution in [0, 0.1) is 0 Å². The molecule has 0 amide bonds. The van der Waals surface area contributed by atoms with Crippen molar-refractivity contribution >= 4 is 0 Å². The van der Waals surface area contributed by atoms with Crippen molar-refractivity contribution in [3.8, 4) is 11.1 Å². The number of nitrogens with zero attached hydrogens (tertiary/aromatic N) is 4. The number of hydrogen-bond acceptors (Lipinski definition) is 3. The van der Waals surface area contributed by atoms with E-state index in [2.05, 4.69) is 40.7 Å². The van der Waals surface area contributed by atoms with Gasteiger partial charge in [0.1, 0.15) is 0 Å². The van der Waals surface area contributed by atoms with Gasteiger partial charge in [0.25, 0.3) is 0 Å². The largest absolute Gasteiger partial charge is 0.383 e. The molecule has 0 fully saturated rings. The summed E-state index contributed by atoms with van der Waals surface area (Å²) in [5.74, 6) is 0. The third kappa shape index (κ3) is 3.62. The van der Waals surface area contributed by atoms with Crippen LogP contribution in [0.4, 0.5) is 0 Å². The first-order valence-corrected chi connectivity index (χ1v) is 7.43. The maximum absolute atomic E-state index is 5.06. The standard InChI is InChI=1S/C17H20N4O/c1-22-10-9-21-14-17(12-19-21)16-11-18-20(13-16)8-7-15-5-3-2-4-6-15/h2-6,11-14H,7-10H2,1H3. The molecule has 2 heterocycles. The first kappa shape index (κ1) is 14.5. The van der Waals surface area contributed by atoms with Gasteiger partial charge in [-0.3, -0.25) is 9.36 Å². The summed E-state index contributed by atoms with van der Waals surface area (Å²) < 4.78 is 8.93. The summed E-state index contributed by atoms with van der Waals surface area (Å²) in [5, 5.41) is 8.77. The predicted octanol–water partition coefficient (Wildman–Crippen LogP) is 2.64. The van der Waals surface area contributed by atoms with Crippen LogP contribution in [0.1, 0.15) is 5.56 Å². The number of methoxy groups -OCH3 is 1. The van der Waals surface area contributed by atoms with E-state index in [4.69, 9.17) is 4.74 Å². The minimum absolute atomic E-state index is 0.664. The van der Waals surface area contributed by atoms with Crippen molar-refractivity contribution in [1.29, 1.82) is 0 Å². The molecule has 3 aromatic rings. The molecule has 5 heteroatoms.